The number of carbonyl (C=O) groups excluding carboxylic acids is 2. The van der Waals surface area contributed by atoms with Gasteiger partial charge in [0.2, 0.25) is 3.79 Å². The van der Waals surface area contributed by atoms with Gasteiger partial charge >= 0.3 is 17.9 Å². The molecule has 0 unspecified atom stereocenters. The Bertz CT molecular complexity index is 945. The number of hydrogen-bond acceptors (Lipinski definition) is 8. The van der Waals surface area contributed by atoms with Crippen molar-refractivity contribution in [2.45, 2.75) is 23.4 Å². The lowest BCUT2D eigenvalue weighted by Gasteiger charge is -2.27. The van der Waals surface area contributed by atoms with Crippen LogP contribution < -0.4 is 10.6 Å². The number of carbonyl (C=O) groups is 2. The average Bonchev–Trinajstić information content (AvgIpc) is 3.07. The smallest absolute Gasteiger partial charge is 0.409 e. The molecular formula is C17H18Cl3N5O6. The number of benzene rings is 1. The van der Waals surface area contributed by atoms with E-state index < -0.39 is 26.9 Å². The number of nitrogens with zero attached hydrogens (tertiary/aromatic N) is 3. The number of esters is 1. The van der Waals surface area contributed by atoms with Gasteiger partial charge in [-0.3, -0.25) is 5.32 Å². The van der Waals surface area contributed by atoms with Gasteiger partial charge in [0.15, 0.2) is 5.82 Å². The molecule has 1 heterocycles. The number of rotatable bonds is 8. The predicted octanol–water partition coefficient (Wildman–Crippen LogP) is 3.42. The van der Waals surface area contributed by atoms with Crippen molar-refractivity contribution in [2.75, 3.05) is 19.0 Å². The molecule has 0 fully saturated rings. The number of alkyl halides is 3. The number of amides is 1. The zero-order valence-electron chi connectivity index (χ0n) is 16.3. The van der Waals surface area contributed by atoms with Gasteiger partial charge in [-0.05, 0) is 29.2 Å². The standard InChI is InChI=1S/C17H18Cl3N5O6/c1-10-21-9-13(25(28)29)24(10)7-8-31-16(27)23-15(17(18,19)20)22-12-5-3-11(4-6-12)14(26)30-2/h3-6,9,15,22H,7-8H2,1-2H3,(H,23,27)/t15-/m0/s1. The van der Waals surface area contributed by atoms with Gasteiger partial charge in [0.1, 0.15) is 25.5 Å². The van der Waals surface area contributed by atoms with Gasteiger partial charge < -0.3 is 24.9 Å². The molecule has 1 aromatic heterocycles. The van der Waals surface area contributed by atoms with Gasteiger partial charge in [0.25, 0.3) is 0 Å². The minimum absolute atomic E-state index is 0.0103. The Hall–Kier alpha value is -2.76. The highest BCUT2D eigenvalue weighted by Gasteiger charge is 2.34. The number of aryl methyl sites for hydroxylation is 1. The summed E-state index contributed by atoms with van der Waals surface area (Å²) in [5.41, 5.74) is 0.753. The van der Waals surface area contributed by atoms with Crippen molar-refractivity contribution in [1.29, 1.82) is 0 Å². The summed E-state index contributed by atoms with van der Waals surface area (Å²) in [6.45, 7) is 1.40. The number of hydrogen-bond donors (Lipinski definition) is 2. The summed E-state index contributed by atoms with van der Waals surface area (Å²) in [6.07, 6.45) is -1.00. The quantitative estimate of drug-likeness (QED) is 0.187. The molecule has 0 aliphatic rings. The number of alkyl carbamates (subject to hydrolysis) is 1. The monoisotopic (exact) mass is 493 g/mol. The summed E-state index contributed by atoms with van der Waals surface area (Å²) in [6, 6.07) is 6.04. The van der Waals surface area contributed by atoms with Crippen LogP contribution >= 0.6 is 34.8 Å². The van der Waals surface area contributed by atoms with Crippen molar-refractivity contribution >= 4 is 58.4 Å². The molecule has 1 amide bonds. The maximum atomic E-state index is 12.1. The fourth-order valence-corrected chi connectivity index (χ4v) is 2.78. The molecule has 0 bridgehead atoms. The van der Waals surface area contributed by atoms with Crippen LogP contribution in [0, 0.1) is 17.0 Å². The average molecular weight is 495 g/mol. The molecule has 0 saturated heterocycles. The van der Waals surface area contributed by atoms with Crippen LogP contribution in [-0.4, -0.2) is 50.2 Å². The Morgan fingerprint density at radius 2 is 1.94 bits per heavy atom. The van der Waals surface area contributed by atoms with E-state index in [1.807, 2.05) is 0 Å². The predicted molar refractivity (Wildman–Crippen MR) is 114 cm³/mol. The highest BCUT2D eigenvalue weighted by Crippen LogP contribution is 2.31. The number of nitro groups is 1. The number of methoxy groups -OCH3 is 1. The van der Waals surface area contributed by atoms with Gasteiger partial charge in [-0.25, -0.2) is 19.1 Å². The number of anilines is 1. The lowest BCUT2D eigenvalue weighted by molar-refractivity contribution is -0.392. The van der Waals surface area contributed by atoms with Crippen LogP contribution in [0.1, 0.15) is 16.2 Å². The molecule has 0 aliphatic heterocycles. The Morgan fingerprint density at radius 1 is 1.29 bits per heavy atom. The largest absolute Gasteiger partial charge is 0.465 e. The normalized spacial score (nSPS) is 12.0. The van der Waals surface area contributed by atoms with E-state index in [2.05, 4.69) is 20.4 Å². The molecule has 31 heavy (non-hydrogen) atoms. The van der Waals surface area contributed by atoms with Crippen LogP contribution in [0.15, 0.2) is 30.5 Å². The van der Waals surface area contributed by atoms with Gasteiger partial charge in [-0.15, -0.1) is 0 Å². The van der Waals surface area contributed by atoms with Crippen molar-refractivity contribution < 1.29 is 24.0 Å². The van der Waals surface area contributed by atoms with Crippen LogP contribution in [0.2, 0.25) is 0 Å². The highest BCUT2D eigenvalue weighted by atomic mass is 35.6. The Balaban J connectivity index is 1.96. The van der Waals surface area contributed by atoms with E-state index in [9.17, 15) is 19.7 Å². The minimum atomic E-state index is -1.96. The molecule has 0 spiro atoms. The number of aromatic nitrogens is 2. The van der Waals surface area contributed by atoms with E-state index in [1.54, 1.807) is 6.92 Å². The second kappa shape index (κ2) is 10.5. The van der Waals surface area contributed by atoms with Crippen molar-refractivity contribution in [3.63, 3.8) is 0 Å². The topological polar surface area (TPSA) is 138 Å². The molecule has 2 aromatic rings. The Kier molecular flexibility index (Phi) is 8.31. The number of ether oxygens (including phenoxy) is 2. The Labute approximate surface area is 191 Å². The fourth-order valence-electron chi connectivity index (χ4n) is 2.45. The molecule has 2 rings (SSSR count). The molecule has 168 valence electrons. The van der Waals surface area contributed by atoms with Gasteiger partial charge in [-0.2, -0.15) is 0 Å². The lowest BCUT2D eigenvalue weighted by Crippen LogP contribution is -2.49. The van der Waals surface area contributed by atoms with Crippen molar-refractivity contribution in [2.24, 2.45) is 0 Å². The third-order valence-electron chi connectivity index (χ3n) is 3.98. The zero-order valence-corrected chi connectivity index (χ0v) is 18.6. The second-order valence-corrected chi connectivity index (χ2v) is 8.41. The first-order valence-electron chi connectivity index (χ1n) is 8.64. The number of halogens is 3. The van der Waals surface area contributed by atoms with Crippen LogP contribution in [-0.2, 0) is 16.0 Å². The van der Waals surface area contributed by atoms with E-state index in [0.717, 1.165) is 6.20 Å². The summed E-state index contributed by atoms with van der Waals surface area (Å²) in [5.74, 6) is -0.343. The van der Waals surface area contributed by atoms with E-state index in [4.69, 9.17) is 39.5 Å². The minimum Gasteiger partial charge on any atom is -0.465 e. The molecule has 0 aliphatic carbocycles. The summed E-state index contributed by atoms with van der Waals surface area (Å²) < 4.78 is 8.99. The molecule has 0 saturated carbocycles. The molecule has 0 radical (unpaired) electrons. The van der Waals surface area contributed by atoms with E-state index in [0.29, 0.717) is 17.1 Å². The molecule has 1 aromatic carbocycles. The van der Waals surface area contributed by atoms with Crippen LogP contribution in [0.3, 0.4) is 0 Å². The van der Waals surface area contributed by atoms with E-state index >= 15 is 0 Å². The molecule has 2 N–H and O–H groups in total. The fraction of sp³-hybridized carbons (Fsp3) is 0.353. The summed E-state index contributed by atoms with van der Waals surface area (Å²) >= 11 is 17.8. The molecule has 14 heteroatoms. The maximum Gasteiger partial charge on any atom is 0.409 e. The third-order valence-corrected chi connectivity index (χ3v) is 4.63. The number of nitrogens with one attached hydrogen (secondary N) is 2. The zero-order chi connectivity index (χ0) is 23.2. The lowest BCUT2D eigenvalue weighted by atomic mass is 10.2. The SMILES string of the molecule is COC(=O)c1ccc(N[C@@H](NC(=O)OCCn2c([N+](=O)[O-])cnc2C)C(Cl)(Cl)Cl)cc1. The van der Waals surface area contributed by atoms with Crippen molar-refractivity contribution in [3.05, 3.63) is 52.0 Å². The first-order chi connectivity index (χ1) is 14.5. The first-order valence-corrected chi connectivity index (χ1v) is 9.77. The molecule has 11 nitrogen and oxygen atoms in total. The van der Waals surface area contributed by atoms with Crippen LogP contribution in [0.4, 0.5) is 16.3 Å². The van der Waals surface area contributed by atoms with Crippen LogP contribution in [0.25, 0.3) is 0 Å². The molecular weight excluding hydrogens is 477 g/mol. The maximum absolute atomic E-state index is 12.1. The summed E-state index contributed by atoms with van der Waals surface area (Å²) in [4.78, 5) is 37.9. The van der Waals surface area contributed by atoms with Crippen LogP contribution in [0.5, 0.6) is 0 Å². The third kappa shape index (κ3) is 6.88. The first kappa shape index (κ1) is 24.5. The second-order valence-electron chi connectivity index (χ2n) is 6.04. The number of imidazole rings is 1. The summed E-state index contributed by atoms with van der Waals surface area (Å²) in [7, 11) is 1.26. The highest BCUT2D eigenvalue weighted by molar-refractivity contribution is 6.68. The Morgan fingerprint density at radius 3 is 2.48 bits per heavy atom. The van der Waals surface area contributed by atoms with Crippen molar-refractivity contribution in [3.8, 4) is 0 Å². The van der Waals surface area contributed by atoms with E-state index in [1.165, 1.54) is 35.9 Å². The summed E-state index contributed by atoms with van der Waals surface area (Å²) in [5, 5.41) is 16.2. The van der Waals surface area contributed by atoms with Gasteiger partial charge in [-0.1, -0.05) is 34.8 Å². The van der Waals surface area contributed by atoms with Gasteiger partial charge in [0, 0.05) is 12.6 Å². The van der Waals surface area contributed by atoms with Crippen molar-refractivity contribution in [1.82, 2.24) is 14.9 Å². The molecule has 1 atom stereocenters. The van der Waals surface area contributed by atoms with Gasteiger partial charge in [0.05, 0.1) is 12.7 Å². The van der Waals surface area contributed by atoms with E-state index in [-0.39, 0.29) is 19.0 Å².